The van der Waals surface area contributed by atoms with E-state index in [9.17, 15) is 4.79 Å². The quantitative estimate of drug-likeness (QED) is 0.892. The van der Waals surface area contributed by atoms with Crippen LogP contribution in [0.5, 0.6) is 0 Å². The van der Waals surface area contributed by atoms with E-state index in [1.807, 2.05) is 18.2 Å². The highest BCUT2D eigenvalue weighted by molar-refractivity contribution is 7.99. The van der Waals surface area contributed by atoms with E-state index in [4.69, 9.17) is 0 Å². The summed E-state index contributed by atoms with van der Waals surface area (Å²) in [7, 11) is 0. The topological polar surface area (TPSA) is 54.0 Å². The Morgan fingerprint density at radius 2 is 2.24 bits per heavy atom. The minimum Gasteiger partial charge on any atom is -0.325 e. The Balaban J connectivity index is 1.82. The number of fused-ring (bicyclic) bond motifs is 1. The third-order valence-electron chi connectivity index (χ3n) is 3.33. The highest BCUT2D eigenvalue weighted by Crippen LogP contribution is 2.32. The highest BCUT2D eigenvalue weighted by atomic mass is 32.2. The summed E-state index contributed by atoms with van der Waals surface area (Å²) in [5.41, 5.74) is 1.89. The Labute approximate surface area is 132 Å². The second kappa shape index (κ2) is 5.59. The van der Waals surface area contributed by atoms with Crippen molar-refractivity contribution in [3.05, 3.63) is 23.2 Å². The summed E-state index contributed by atoms with van der Waals surface area (Å²) in [5.74, 6) is 1.73. The summed E-state index contributed by atoms with van der Waals surface area (Å²) < 4.78 is 1.12. The maximum atomic E-state index is 12.1. The number of rotatable bonds is 2. The van der Waals surface area contributed by atoms with Gasteiger partial charge in [-0.25, -0.2) is 4.98 Å². The molecule has 1 aliphatic heterocycles. The Kier molecular flexibility index (Phi) is 3.94. The van der Waals surface area contributed by atoms with E-state index >= 15 is 0 Å². The van der Waals surface area contributed by atoms with Gasteiger partial charge in [0.1, 0.15) is 0 Å². The monoisotopic (exact) mass is 321 g/mol. The van der Waals surface area contributed by atoms with Crippen molar-refractivity contribution in [1.29, 1.82) is 0 Å². The molecule has 3 rings (SSSR count). The molecular weight excluding hydrogens is 302 g/mol. The van der Waals surface area contributed by atoms with E-state index in [0.29, 0.717) is 0 Å². The molecule has 6 heteroatoms. The average Bonchev–Trinajstić information content (AvgIpc) is 3.06. The fourth-order valence-corrected chi connectivity index (χ4v) is 4.12. The van der Waals surface area contributed by atoms with Crippen LogP contribution in [0.15, 0.2) is 18.2 Å². The zero-order chi connectivity index (χ0) is 15.0. The second-order valence-corrected chi connectivity index (χ2v) is 8.27. The maximum Gasteiger partial charge on any atom is 0.242 e. The summed E-state index contributed by atoms with van der Waals surface area (Å²) in [5, 5.41) is 7.29. The number of nitrogens with zero attached hydrogens (tertiary/aromatic N) is 1. The van der Waals surface area contributed by atoms with Gasteiger partial charge in [0, 0.05) is 22.7 Å². The van der Waals surface area contributed by atoms with Crippen LogP contribution >= 0.6 is 23.1 Å². The van der Waals surface area contributed by atoms with Crippen LogP contribution in [0.4, 0.5) is 5.69 Å². The fraction of sp³-hybridized carbons (Fsp3) is 0.467. The molecule has 1 aromatic heterocycles. The first-order chi connectivity index (χ1) is 9.93. The molecule has 0 spiro atoms. The molecule has 1 atom stereocenters. The van der Waals surface area contributed by atoms with Crippen molar-refractivity contribution in [2.24, 2.45) is 0 Å². The predicted molar refractivity (Wildman–Crippen MR) is 91.2 cm³/mol. The number of hydrogen-bond donors (Lipinski definition) is 2. The molecule has 2 aromatic rings. The molecule has 0 aliphatic carbocycles. The lowest BCUT2D eigenvalue weighted by molar-refractivity contribution is -0.117. The molecule has 2 N–H and O–H groups in total. The lowest BCUT2D eigenvalue weighted by atomic mass is 9.98. The normalized spacial score (nSPS) is 19.1. The molecule has 1 saturated heterocycles. The zero-order valence-corrected chi connectivity index (χ0v) is 14.0. The van der Waals surface area contributed by atoms with Crippen LogP contribution in [0.3, 0.4) is 0 Å². The van der Waals surface area contributed by atoms with Gasteiger partial charge in [0.25, 0.3) is 0 Å². The zero-order valence-electron chi connectivity index (χ0n) is 12.4. The molecule has 0 radical (unpaired) electrons. The van der Waals surface area contributed by atoms with Crippen molar-refractivity contribution in [3.8, 4) is 0 Å². The molecular formula is C15H19N3OS2. The Hall–Kier alpha value is -1.11. The van der Waals surface area contributed by atoms with Crippen LogP contribution in [0.1, 0.15) is 25.8 Å². The summed E-state index contributed by atoms with van der Waals surface area (Å²) in [6, 6.07) is 5.84. The smallest absolute Gasteiger partial charge is 0.242 e. The third kappa shape index (κ3) is 3.22. The summed E-state index contributed by atoms with van der Waals surface area (Å²) >= 11 is 3.45. The molecule has 2 heterocycles. The van der Waals surface area contributed by atoms with Crippen LogP contribution in [0.2, 0.25) is 0 Å². The van der Waals surface area contributed by atoms with Crippen molar-refractivity contribution in [2.75, 3.05) is 16.9 Å². The van der Waals surface area contributed by atoms with Crippen molar-refractivity contribution in [3.63, 3.8) is 0 Å². The van der Waals surface area contributed by atoms with Gasteiger partial charge in [-0.1, -0.05) is 20.8 Å². The van der Waals surface area contributed by atoms with Gasteiger partial charge in [-0.05, 0) is 18.2 Å². The molecule has 1 fully saturated rings. The molecule has 1 aliphatic rings. The number of benzene rings is 1. The van der Waals surface area contributed by atoms with Gasteiger partial charge in [0.05, 0.1) is 21.3 Å². The van der Waals surface area contributed by atoms with E-state index in [2.05, 4.69) is 36.4 Å². The highest BCUT2D eigenvalue weighted by Gasteiger charge is 2.23. The van der Waals surface area contributed by atoms with E-state index in [0.717, 1.165) is 32.5 Å². The summed E-state index contributed by atoms with van der Waals surface area (Å²) in [6.07, 6.45) is 0. The maximum absolute atomic E-state index is 12.1. The standard InChI is InChI=1S/C15H19N3OS2/c1-15(2,3)14-18-10-5-4-9(6-12(10)21-14)17-13(19)11-7-20-8-16-11/h4-6,11,16H,7-8H2,1-3H3,(H,17,19). The largest absolute Gasteiger partial charge is 0.325 e. The molecule has 0 saturated carbocycles. The first-order valence-electron chi connectivity index (χ1n) is 6.96. The summed E-state index contributed by atoms with van der Waals surface area (Å²) in [4.78, 5) is 16.8. The van der Waals surface area contributed by atoms with Crippen molar-refractivity contribution in [1.82, 2.24) is 10.3 Å². The molecule has 4 nitrogen and oxygen atoms in total. The molecule has 1 unspecified atom stereocenters. The first-order valence-corrected chi connectivity index (χ1v) is 8.94. The SMILES string of the molecule is CC(C)(C)c1nc2ccc(NC(=O)C3CSCN3)cc2s1. The first kappa shape index (κ1) is 14.8. The summed E-state index contributed by atoms with van der Waals surface area (Å²) in [6.45, 7) is 6.49. The Bertz CT molecular complexity index is 669. The van der Waals surface area contributed by atoms with Gasteiger partial charge >= 0.3 is 0 Å². The van der Waals surface area contributed by atoms with Crippen molar-refractivity contribution < 1.29 is 4.79 Å². The van der Waals surface area contributed by atoms with Crippen LogP contribution in [-0.4, -0.2) is 28.6 Å². The molecule has 112 valence electrons. The van der Waals surface area contributed by atoms with Gasteiger partial charge in [0.15, 0.2) is 0 Å². The Morgan fingerprint density at radius 3 is 2.90 bits per heavy atom. The van der Waals surface area contributed by atoms with Gasteiger partial charge in [-0.3, -0.25) is 10.1 Å². The number of anilines is 1. The van der Waals surface area contributed by atoms with E-state index < -0.39 is 0 Å². The van der Waals surface area contributed by atoms with Crippen molar-refractivity contribution in [2.45, 2.75) is 32.2 Å². The number of nitrogens with one attached hydrogen (secondary N) is 2. The minimum absolute atomic E-state index is 0.0416. The number of hydrogen-bond acceptors (Lipinski definition) is 5. The van der Waals surface area contributed by atoms with Gasteiger partial charge in [-0.15, -0.1) is 23.1 Å². The van der Waals surface area contributed by atoms with Crippen LogP contribution in [0.25, 0.3) is 10.2 Å². The molecule has 0 bridgehead atoms. The lowest BCUT2D eigenvalue weighted by Gasteiger charge is -2.13. The Morgan fingerprint density at radius 1 is 1.43 bits per heavy atom. The fourth-order valence-electron chi connectivity index (χ4n) is 2.12. The van der Waals surface area contributed by atoms with E-state index in [-0.39, 0.29) is 17.4 Å². The predicted octanol–water partition coefficient (Wildman–Crippen LogP) is 3.19. The van der Waals surface area contributed by atoms with E-state index in [1.165, 1.54) is 0 Å². The van der Waals surface area contributed by atoms with Gasteiger partial charge in [0.2, 0.25) is 5.91 Å². The number of aromatic nitrogens is 1. The van der Waals surface area contributed by atoms with Crippen LogP contribution < -0.4 is 10.6 Å². The number of carbonyl (C=O) groups excluding carboxylic acids is 1. The molecule has 21 heavy (non-hydrogen) atoms. The number of amides is 1. The third-order valence-corrected chi connectivity index (χ3v) is 5.71. The molecule has 1 amide bonds. The van der Waals surface area contributed by atoms with Crippen molar-refractivity contribution >= 4 is 44.9 Å². The van der Waals surface area contributed by atoms with Crippen LogP contribution in [-0.2, 0) is 10.2 Å². The number of carbonyl (C=O) groups is 1. The van der Waals surface area contributed by atoms with Crippen LogP contribution in [0, 0.1) is 0 Å². The van der Waals surface area contributed by atoms with Gasteiger partial charge < -0.3 is 5.32 Å². The van der Waals surface area contributed by atoms with E-state index in [1.54, 1.807) is 23.1 Å². The molecule has 1 aromatic carbocycles. The number of thiazole rings is 1. The second-order valence-electron chi connectivity index (χ2n) is 6.21. The minimum atomic E-state index is -0.0858. The number of thioether (sulfide) groups is 1. The van der Waals surface area contributed by atoms with Gasteiger partial charge in [-0.2, -0.15) is 0 Å². The lowest BCUT2D eigenvalue weighted by Crippen LogP contribution is -2.37. The average molecular weight is 321 g/mol.